The van der Waals surface area contributed by atoms with Crippen molar-refractivity contribution in [3.8, 4) is 0 Å². The van der Waals surface area contributed by atoms with Crippen LogP contribution in [-0.2, 0) is 16.0 Å². The molecule has 3 N–H and O–H groups in total. The van der Waals surface area contributed by atoms with Gasteiger partial charge in [0.2, 0.25) is 5.91 Å². The molecule has 1 heterocycles. The van der Waals surface area contributed by atoms with Gasteiger partial charge < -0.3 is 20.7 Å². The minimum Gasteiger partial charge on any atom is -0.383 e. The molecule has 0 radical (unpaired) electrons. The van der Waals surface area contributed by atoms with E-state index < -0.39 is 0 Å². The van der Waals surface area contributed by atoms with Crippen molar-refractivity contribution in [3.05, 3.63) is 29.8 Å². The number of nitrogens with two attached hydrogens (primary N) is 1. The molecular weight excluding hydrogens is 268 g/mol. The first-order chi connectivity index (χ1) is 10.1. The second-order valence-corrected chi connectivity index (χ2v) is 5.13. The Kier molecular flexibility index (Phi) is 5.16. The van der Waals surface area contributed by atoms with E-state index in [0.717, 1.165) is 12.1 Å². The highest BCUT2D eigenvalue weighted by atomic mass is 16.5. The van der Waals surface area contributed by atoms with Crippen LogP contribution in [0.5, 0.6) is 0 Å². The maximum absolute atomic E-state index is 12.2. The number of fused-ring (bicyclic) bond motifs is 1. The number of methoxy groups -OCH3 is 1. The standard InChI is InChI=1S/C15H22N4O2/c1-11(10-21-2)18-15(16)17-9-14(20)19-8-7-12-5-3-4-6-13(12)19/h3-6,11H,7-10H2,1-2H3,(H3,16,17,18). The van der Waals surface area contributed by atoms with Crippen LogP contribution in [-0.4, -0.2) is 44.7 Å². The average Bonchev–Trinajstić information content (AvgIpc) is 2.89. The van der Waals surface area contributed by atoms with Crippen LogP contribution in [0.15, 0.2) is 29.3 Å². The molecule has 1 unspecified atom stereocenters. The minimum absolute atomic E-state index is 0.0379. The summed E-state index contributed by atoms with van der Waals surface area (Å²) >= 11 is 0. The molecule has 0 aromatic heterocycles. The first-order valence-corrected chi connectivity index (χ1v) is 7.05. The molecule has 1 amide bonds. The Balaban J connectivity index is 1.91. The van der Waals surface area contributed by atoms with Crippen LogP contribution in [0.3, 0.4) is 0 Å². The lowest BCUT2D eigenvalue weighted by molar-refractivity contribution is -0.117. The molecule has 1 aromatic rings. The van der Waals surface area contributed by atoms with Gasteiger partial charge in [-0.05, 0) is 25.0 Å². The van der Waals surface area contributed by atoms with E-state index in [0.29, 0.717) is 13.2 Å². The predicted octanol–water partition coefficient (Wildman–Crippen LogP) is 0.515. The summed E-state index contributed by atoms with van der Waals surface area (Å²) in [5, 5.41) is 2.98. The SMILES string of the molecule is COCC(C)NC(N)=NCC(=O)N1CCc2ccccc21. The number of hydrogen-bond donors (Lipinski definition) is 2. The molecule has 1 aromatic carbocycles. The monoisotopic (exact) mass is 290 g/mol. The van der Waals surface area contributed by atoms with Gasteiger partial charge in [0, 0.05) is 25.4 Å². The predicted molar refractivity (Wildman–Crippen MR) is 83.5 cm³/mol. The normalized spacial score (nSPS) is 15.7. The molecule has 0 fully saturated rings. The van der Waals surface area contributed by atoms with Crippen molar-refractivity contribution in [2.75, 3.05) is 31.7 Å². The summed E-state index contributed by atoms with van der Waals surface area (Å²) in [6.07, 6.45) is 0.893. The Morgan fingerprint density at radius 2 is 2.29 bits per heavy atom. The van der Waals surface area contributed by atoms with Gasteiger partial charge in [0.05, 0.1) is 6.61 Å². The Labute approximate surface area is 125 Å². The number of hydrogen-bond acceptors (Lipinski definition) is 3. The van der Waals surface area contributed by atoms with Gasteiger partial charge in [-0.15, -0.1) is 0 Å². The average molecular weight is 290 g/mol. The second-order valence-electron chi connectivity index (χ2n) is 5.13. The topological polar surface area (TPSA) is 80.0 Å². The molecule has 2 rings (SSSR count). The van der Waals surface area contributed by atoms with Crippen molar-refractivity contribution in [1.29, 1.82) is 0 Å². The number of nitrogens with zero attached hydrogens (tertiary/aromatic N) is 2. The van der Waals surface area contributed by atoms with Crippen LogP contribution in [0.2, 0.25) is 0 Å². The number of ether oxygens (including phenoxy) is 1. The molecule has 1 aliphatic heterocycles. The van der Waals surface area contributed by atoms with E-state index in [1.807, 2.05) is 31.2 Å². The number of benzene rings is 1. The molecule has 6 nitrogen and oxygen atoms in total. The molecule has 1 atom stereocenters. The number of rotatable bonds is 5. The summed E-state index contributed by atoms with van der Waals surface area (Å²) < 4.78 is 5.00. The van der Waals surface area contributed by atoms with E-state index in [2.05, 4.69) is 10.3 Å². The van der Waals surface area contributed by atoms with E-state index in [1.54, 1.807) is 12.0 Å². The van der Waals surface area contributed by atoms with Crippen LogP contribution in [0.25, 0.3) is 0 Å². The Hall–Kier alpha value is -2.08. The summed E-state index contributed by atoms with van der Waals surface area (Å²) in [7, 11) is 1.62. The zero-order valence-corrected chi connectivity index (χ0v) is 12.5. The minimum atomic E-state index is -0.0379. The summed E-state index contributed by atoms with van der Waals surface area (Å²) in [4.78, 5) is 18.1. The molecular formula is C15H22N4O2. The zero-order chi connectivity index (χ0) is 15.2. The van der Waals surface area contributed by atoms with Crippen LogP contribution >= 0.6 is 0 Å². The maximum Gasteiger partial charge on any atom is 0.248 e. The molecule has 6 heteroatoms. The third-order valence-electron chi connectivity index (χ3n) is 3.38. The van der Waals surface area contributed by atoms with Gasteiger partial charge in [-0.1, -0.05) is 18.2 Å². The van der Waals surface area contributed by atoms with Crippen molar-refractivity contribution in [1.82, 2.24) is 5.32 Å². The van der Waals surface area contributed by atoms with E-state index in [9.17, 15) is 4.79 Å². The number of carbonyl (C=O) groups is 1. The molecule has 21 heavy (non-hydrogen) atoms. The highest BCUT2D eigenvalue weighted by Gasteiger charge is 2.23. The summed E-state index contributed by atoms with van der Waals surface area (Å²) in [6, 6.07) is 8.00. The molecule has 0 spiro atoms. The van der Waals surface area contributed by atoms with E-state index in [4.69, 9.17) is 10.5 Å². The van der Waals surface area contributed by atoms with Gasteiger partial charge in [-0.25, -0.2) is 4.99 Å². The zero-order valence-electron chi connectivity index (χ0n) is 12.5. The van der Waals surface area contributed by atoms with E-state index >= 15 is 0 Å². The van der Waals surface area contributed by atoms with Crippen molar-refractivity contribution >= 4 is 17.6 Å². The third-order valence-corrected chi connectivity index (χ3v) is 3.38. The van der Waals surface area contributed by atoms with E-state index in [-0.39, 0.29) is 24.5 Å². The fourth-order valence-corrected chi connectivity index (χ4v) is 2.43. The smallest absolute Gasteiger partial charge is 0.248 e. The number of para-hydroxylation sites is 1. The molecule has 0 aliphatic carbocycles. The van der Waals surface area contributed by atoms with Crippen LogP contribution in [0.1, 0.15) is 12.5 Å². The number of anilines is 1. The quantitative estimate of drug-likeness (QED) is 0.612. The van der Waals surface area contributed by atoms with Crippen molar-refractivity contribution in [2.24, 2.45) is 10.7 Å². The summed E-state index contributed by atoms with van der Waals surface area (Å²) in [6.45, 7) is 3.22. The van der Waals surface area contributed by atoms with Gasteiger partial charge in [0.15, 0.2) is 5.96 Å². The van der Waals surface area contributed by atoms with E-state index in [1.165, 1.54) is 5.56 Å². The highest BCUT2D eigenvalue weighted by Crippen LogP contribution is 2.27. The van der Waals surface area contributed by atoms with Crippen molar-refractivity contribution in [3.63, 3.8) is 0 Å². The first-order valence-electron chi connectivity index (χ1n) is 7.05. The van der Waals surface area contributed by atoms with Gasteiger partial charge in [0.1, 0.15) is 6.54 Å². The fraction of sp³-hybridized carbons (Fsp3) is 0.467. The second kappa shape index (κ2) is 7.08. The molecule has 1 aliphatic rings. The fourth-order valence-electron chi connectivity index (χ4n) is 2.43. The number of amides is 1. The third kappa shape index (κ3) is 3.95. The van der Waals surface area contributed by atoms with Gasteiger partial charge in [0.25, 0.3) is 0 Å². The van der Waals surface area contributed by atoms with Gasteiger partial charge in [-0.3, -0.25) is 4.79 Å². The lowest BCUT2D eigenvalue weighted by Crippen LogP contribution is -2.41. The van der Waals surface area contributed by atoms with Crippen LogP contribution < -0.4 is 16.0 Å². The summed E-state index contributed by atoms with van der Waals surface area (Å²) in [5.74, 6) is 0.226. The van der Waals surface area contributed by atoms with Crippen LogP contribution in [0.4, 0.5) is 5.69 Å². The Morgan fingerprint density at radius 1 is 1.52 bits per heavy atom. The first kappa shape index (κ1) is 15.3. The van der Waals surface area contributed by atoms with Crippen molar-refractivity contribution < 1.29 is 9.53 Å². The number of guanidine groups is 1. The number of aliphatic imine (C=N–C) groups is 1. The molecule has 114 valence electrons. The number of nitrogens with one attached hydrogen (secondary N) is 1. The van der Waals surface area contributed by atoms with Gasteiger partial charge in [-0.2, -0.15) is 0 Å². The maximum atomic E-state index is 12.2. The molecule has 0 saturated carbocycles. The highest BCUT2D eigenvalue weighted by molar-refractivity contribution is 5.97. The Morgan fingerprint density at radius 3 is 3.05 bits per heavy atom. The molecule has 0 saturated heterocycles. The van der Waals surface area contributed by atoms with Crippen LogP contribution in [0, 0.1) is 0 Å². The Bertz CT molecular complexity index is 530. The van der Waals surface area contributed by atoms with Crippen molar-refractivity contribution in [2.45, 2.75) is 19.4 Å². The largest absolute Gasteiger partial charge is 0.383 e. The van der Waals surface area contributed by atoms with Gasteiger partial charge >= 0.3 is 0 Å². The lowest BCUT2D eigenvalue weighted by atomic mass is 10.2. The number of carbonyl (C=O) groups excluding carboxylic acids is 1. The molecule has 0 bridgehead atoms. The lowest BCUT2D eigenvalue weighted by Gasteiger charge is -2.17. The summed E-state index contributed by atoms with van der Waals surface area (Å²) in [5.41, 5.74) is 7.95.